The third-order valence-corrected chi connectivity index (χ3v) is 8.21. The minimum absolute atomic E-state index is 0.0221. The third-order valence-electron chi connectivity index (χ3n) is 6.60. The number of ether oxygens (including phenoxy) is 1. The number of thiazole rings is 1. The monoisotopic (exact) mass is 636 g/mol. The molecule has 1 atom stereocenters. The average Bonchev–Trinajstić information content (AvgIpc) is 3.30. The molecule has 43 heavy (non-hydrogen) atoms. The molecule has 1 aliphatic rings. The normalized spacial score (nSPS) is 14.8. The molecule has 0 aliphatic carbocycles. The Morgan fingerprint density at radius 2 is 1.63 bits per heavy atom. The van der Waals surface area contributed by atoms with Crippen molar-refractivity contribution in [1.29, 1.82) is 0 Å². The molecule has 10 nitrogen and oxygen atoms in total. The minimum Gasteiger partial charge on any atom is -0.463 e. The number of non-ortho nitro benzene ring substituents is 1. The van der Waals surface area contributed by atoms with Gasteiger partial charge in [0.15, 0.2) is 0 Å². The number of anilines is 1. The Labute approximate surface area is 258 Å². The lowest BCUT2D eigenvalue weighted by molar-refractivity contribution is -0.384. The second kappa shape index (κ2) is 12.3. The third kappa shape index (κ3) is 5.96. The molecule has 1 unspecified atom stereocenters. The number of hydrogen-bond donors (Lipinski definition) is 2. The zero-order valence-electron chi connectivity index (χ0n) is 22.4. The summed E-state index contributed by atoms with van der Waals surface area (Å²) in [7, 11) is 0. The quantitative estimate of drug-likeness (QED) is 0.175. The standard InChI is InChI=1S/C30H22Cl2N4O6S/c1-2-42-30(39)24-23(17-5-9-19(32)10-6-17)25(27(37)34-20-11-13-21(14-12-20)36(40)41)29-35(26(24)33)28(38)22(43-29)15-16-3-7-18(31)8-4-16/h3-15,23H,2,33H2,1H3,(H,34,37)/b22-15-. The number of nitro groups is 1. The van der Waals surface area contributed by atoms with Crippen molar-refractivity contribution in [3.8, 4) is 0 Å². The van der Waals surface area contributed by atoms with Crippen LogP contribution in [0.15, 0.2) is 83.2 Å². The summed E-state index contributed by atoms with van der Waals surface area (Å²) < 4.78 is 6.92. The molecular weight excluding hydrogens is 615 g/mol. The van der Waals surface area contributed by atoms with Crippen molar-refractivity contribution >= 4 is 75.3 Å². The molecule has 0 saturated carbocycles. The largest absolute Gasteiger partial charge is 0.463 e. The summed E-state index contributed by atoms with van der Waals surface area (Å²) in [5, 5.41) is 14.8. The molecule has 4 aromatic rings. The maximum atomic E-state index is 14.1. The maximum Gasteiger partial charge on any atom is 0.338 e. The van der Waals surface area contributed by atoms with E-state index in [4.69, 9.17) is 33.7 Å². The summed E-state index contributed by atoms with van der Waals surface area (Å²) in [6.45, 7) is 1.65. The highest BCUT2D eigenvalue weighted by molar-refractivity contribution is 7.07. The SMILES string of the molecule is CCOC(=O)C1=C(N)n2c(s/c(=C\c3ccc(Cl)cc3)c2=O)=C(C(=O)Nc2ccc([N+](=O)[O-])cc2)C1c1ccc(Cl)cc1. The zero-order chi connectivity index (χ0) is 30.8. The maximum absolute atomic E-state index is 14.1. The highest BCUT2D eigenvalue weighted by Gasteiger charge is 2.39. The molecule has 0 saturated heterocycles. The highest BCUT2D eigenvalue weighted by atomic mass is 35.5. The molecule has 2 heterocycles. The van der Waals surface area contributed by atoms with Gasteiger partial charge in [-0.05, 0) is 60.5 Å². The summed E-state index contributed by atoms with van der Waals surface area (Å²) in [6, 6.07) is 18.6. The van der Waals surface area contributed by atoms with E-state index >= 15 is 0 Å². The summed E-state index contributed by atoms with van der Waals surface area (Å²) in [6.07, 6.45) is 1.63. The van der Waals surface area contributed by atoms with E-state index in [2.05, 4.69) is 5.32 Å². The van der Waals surface area contributed by atoms with Crippen LogP contribution < -0.4 is 25.8 Å². The lowest BCUT2D eigenvalue weighted by Gasteiger charge is -2.27. The van der Waals surface area contributed by atoms with Gasteiger partial charge in [0.1, 0.15) is 10.5 Å². The van der Waals surface area contributed by atoms with Gasteiger partial charge in [-0.1, -0.05) is 47.5 Å². The van der Waals surface area contributed by atoms with Gasteiger partial charge in [-0.2, -0.15) is 0 Å². The fourth-order valence-corrected chi connectivity index (χ4v) is 6.07. The Morgan fingerprint density at radius 1 is 1.02 bits per heavy atom. The van der Waals surface area contributed by atoms with E-state index in [1.807, 2.05) is 0 Å². The zero-order valence-corrected chi connectivity index (χ0v) is 24.7. The predicted octanol–water partition coefficient (Wildman–Crippen LogP) is 4.23. The lowest BCUT2D eigenvalue weighted by Crippen LogP contribution is -2.42. The Kier molecular flexibility index (Phi) is 8.49. The van der Waals surface area contributed by atoms with E-state index in [0.717, 1.165) is 15.9 Å². The summed E-state index contributed by atoms with van der Waals surface area (Å²) >= 11 is 13.2. The van der Waals surface area contributed by atoms with Gasteiger partial charge < -0.3 is 15.8 Å². The van der Waals surface area contributed by atoms with Crippen LogP contribution in [0.25, 0.3) is 17.5 Å². The number of carbonyl (C=O) groups is 2. The van der Waals surface area contributed by atoms with Crippen LogP contribution in [0, 0.1) is 10.1 Å². The summed E-state index contributed by atoms with van der Waals surface area (Å²) in [4.78, 5) is 51.8. The summed E-state index contributed by atoms with van der Waals surface area (Å²) in [5.74, 6) is -2.67. The van der Waals surface area contributed by atoms with E-state index in [9.17, 15) is 24.5 Å². The van der Waals surface area contributed by atoms with Crippen molar-refractivity contribution in [1.82, 2.24) is 4.57 Å². The number of nitrogens with two attached hydrogens (primary N) is 1. The molecule has 0 spiro atoms. The van der Waals surface area contributed by atoms with E-state index in [1.54, 1.807) is 61.5 Å². The first kappa shape index (κ1) is 29.8. The fourth-order valence-electron chi connectivity index (χ4n) is 4.64. The second-order valence-corrected chi connectivity index (χ2v) is 11.2. The number of nitro benzene ring substituents is 1. The molecule has 0 radical (unpaired) electrons. The van der Waals surface area contributed by atoms with Crippen molar-refractivity contribution in [3.05, 3.63) is 129 Å². The van der Waals surface area contributed by atoms with Gasteiger partial charge in [0.05, 0.1) is 33.1 Å². The van der Waals surface area contributed by atoms with E-state index in [-0.39, 0.29) is 44.1 Å². The van der Waals surface area contributed by atoms with Gasteiger partial charge in [-0.3, -0.25) is 24.3 Å². The number of rotatable bonds is 7. The molecule has 0 bridgehead atoms. The number of halogens is 2. The number of benzene rings is 3. The van der Waals surface area contributed by atoms with Crippen molar-refractivity contribution in [2.45, 2.75) is 12.8 Å². The lowest BCUT2D eigenvalue weighted by atomic mass is 9.82. The Hall–Kier alpha value is -4.71. The van der Waals surface area contributed by atoms with Gasteiger partial charge in [0.25, 0.3) is 17.2 Å². The number of nitrogens with zero attached hydrogens (tertiary/aromatic N) is 2. The van der Waals surface area contributed by atoms with Crippen molar-refractivity contribution in [2.24, 2.45) is 5.73 Å². The second-order valence-electron chi connectivity index (χ2n) is 9.28. The predicted molar refractivity (Wildman–Crippen MR) is 166 cm³/mol. The van der Waals surface area contributed by atoms with Gasteiger partial charge in [-0.25, -0.2) is 4.79 Å². The first-order valence-electron chi connectivity index (χ1n) is 12.8. The smallest absolute Gasteiger partial charge is 0.338 e. The summed E-state index contributed by atoms with van der Waals surface area (Å²) in [5.41, 5.74) is 7.25. The number of carbonyl (C=O) groups excluding carboxylic acids is 2. The van der Waals surface area contributed by atoms with E-state index in [1.165, 1.54) is 24.3 Å². The number of amides is 1. The van der Waals surface area contributed by atoms with Crippen LogP contribution in [0.4, 0.5) is 11.4 Å². The molecule has 5 rings (SSSR count). The average molecular weight is 638 g/mol. The van der Waals surface area contributed by atoms with Crippen LogP contribution in [-0.2, 0) is 14.3 Å². The van der Waals surface area contributed by atoms with Crippen LogP contribution in [0.1, 0.15) is 24.0 Å². The highest BCUT2D eigenvalue weighted by Crippen LogP contribution is 2.38. The van der Waals surface area contributed by atoms with Crippen LogP contribution in [0.3, 0.4) is 0 Å². The minimum atomic E-state index is -1.05. The van der Waals surface area contributed by atoms with Gasteiger partial charge in [-0.15, -0.1) is 11.3 Å². The van der Waals surface area contributed by atoms with Gasteiger partial charge in [0.2, 0.25) is 0 Å². The molecule has 3 aromatic carbocycles. The molecular formula is C30H22Cl2N4O6S. The Bertz CT molecular complexity index is 1970. The molecule has 1 aliphatic heterocycles. The van der Waals surface area contributed by atoms with Crippen LogP contribution in [-0.4, -0.2) is 28.0 Å². The molecule has 3 N–H and O–H groups in total. The number of hydrogen-bond acceptors (Lipinski definition) is 8. The van der Waals surface area contributed by atoms with Gasteiger partial charge >= 0.3 is 5.97 Å². The van der Waals surface area contributed by atoms with Crippen LogP contribution >= 0.6 is 34.5 Å². The topological polar surface area (TPSA) is 147 Å². The van der Waals surface area contributed by atoms with Crippen molar-refractivity contribution < 1.29 is 19.2 Å². The van der Waals surface area contributed by atoms with Gasteiger partial charge in [0, 0.05) is 27.9 Å². The first-order valence-corrected chi connectivity index (χ1v) is 14.4. The van der Waals surface area contributed by atoms with Crippen molar-refractivity contribution in [3.63, 3.8) is 0 Å². The van der Waals surface area contributed by atoms with Crippen LogP contribution in [0.5, 0.6) is 0 Å². The molecule has 13 heteroatoms. The molecule has 1 amide bonds. The molecule has 218 valence electrons. The van der Waals surface area contributed by atoms with Crippen molar-refractivity contribution in [2.75, 3.05) is 11.9 Å². The Morgan fingerprint density at radius 3 is 2.21 bits per heavy atom. The Balaban J connectivity index is 1.79. The number of fused-ring (bicyclic) bond motifs is 1. The molecule has 0 fully saturated rings. The number of nitrogens with one attached hydrogen (secondary N) is 1. The van der Waals surface area contributed by atoms with E-state index in [0.29, 0.717) is 21.2 Å². The van der Waals surface area contributed by atoms with E-state index < -0.39 is 28.3 Å². The molecule has 1 aromatic heterocycles. The van der Waals surface area contributed by atoms with Crippen LogP contribution in [0.2, 0.25) is 10.0 Å². The number of aromatic nitrogens is 1. The number of esters is 1. The first-order chi connectivity index (χ1) is 20.6. The fraction of sp³-hybridized carbons (Fsp3) is 0.100.